The Bertz CT molecular complexity index is 453. The summed E-state index contributed by atoms with van der Waals surface area (Å²) in [5.41, 5.74) is 0.315. The molecule has 1 aliphatic carbocycles. The Morgan fingerprint density at radius 2 is 2.10 bits per heavy atom. The number of carboxylic acids is 1. The summed E-state index contributed by atoms with van der Waals surface area (Å²) < 4.78 is 5.83. The van der Waals surface area contributed by atoms with Gasteiger partial charge < -0.3 is 9.84 Å². The maximum atomic E-state index is 11.5. The van der Waals surface area contributed by atoms with E-state index in [9.17, 15) is 9.90 Å². The van der Waals surface area contributed by atoms with Gasteiger partial charge in [-0.25, -0.2) is 4.79 Å². The second kappa shape index (κ2) is 7.58. The average molecular weight is 294 g/mol. The lowest BCUT2D eigenvalue weighted by Gasteiger charge is -2.22. The number of rotatable bonds is 6. The van der Waals surface area contributed by atoms with Crippen LogP contribution in [0.1, 0.15) is 49.4 Å². The summed E-state index contributed by atoms with van der Waals surface area (Å²) in [7, 11) is 0. The Labute approximate surface area is 124 Å². The third kappa shape index (κ3) is 3.92. The minimum Gasteiger partial charge on any atom is -0.492 e. The van der Waals surface area contributed by atoms with Crippen molar-refractivity contribution in [1.82, 2.24) is 0 Å². The zero-order valence-corrected chi connectivity index (χ0v) is 12.7. The van der Waals surface area contributed by atoms with Crippen LogP contribution in [0.25, 0.3) is 0 Å². The Kier molecular flexibility index (Phi) is 5.77. The number of carboxylic acid groups (broad SMARTS) is 1. The molecule has 20 heavy (non-hydrogen) atoms. The number of carbonyl (C=O) groups is 1. The average Bonchev–Trinajstić information content (AvgIpc) is 2.46. The number of hydrogen-bond donors (Lipinski definition) is 1. The second-order valence-electron chi connectivity index (χ2n) is 5.18. The summed E-state index contributed by atoms with van der Waals surface area (Å²) >= 11 is 1.55. The standard InChI is InChI=1S/C16H22O3S/c1-2-20-14-10-6-9-13(15(14)16(17)18)19-11-12-7-4-3-5-8-12/h6,9-10,12H,2-5,7-8,11H2,1H3,(H,17,18). The van der Waals surface area contributed by atoms with Crippen molar-refractivity contribution in [2.45, 2.75) is 43.9 Å². The molecule has 0 bridgehead atoms. The minimum absolute atomic E-state index is 0.315. The number of hydrogen-bond acceptors (Lipinski definition) is 3. The molecule has 0 radical (unpaired) electrons. The van der Waals surface area contributed by atoms with Crippen molar-refractivity contribution in [2.75, 3.05) is 12.4 Å². The zero-order chi connectivity index (χ0) is 14.4. The number of thioether (sulfide) groups is 1. The predicted octanol–water partition coefficient (Wildman–Crippen LogP) is 4.46. The summed E-state index contributed by atoms with van der Waals surface area (Å²) in [4.78, 5) is 12.3. The SMILES string of the molecule is CCSc1cccc(OCC2CCCCC2)c1C(=O)O. The first-order valence-electron chi connectivity index (χ1n) is 7.34. The third-order valence-corrected chi connectivity index (χ3v) is 4.64. The topological polar surface area (TPSA) is 46.5 Å². The Balaban J connectivity index is 2.09. The fourth-order valence-corrected chi connectivity index (χ4v) is 3.50. The van der Waals surface area contributed by atoms with E-state index in [1.54, 1.807) is 17.8 Å². The molecule has 1 aromatic rings. The van der Waals surface area contributed by atoms with Gasteiger partial charge in [-0.1, -0.05) is 32.3 Å². The zero-order valence-electron chi connectivity index (χ0n) is 11.9. The van der Waals surface area contributed by atoms with Crippen LogP contribution in [0.5, 0.6) is 5.75 Å². The lowest BCUT2D eigenvalue weighted by molar-refractivity contribution is 0.0686. The van der Waals surface area contributed by atoms with Gasteiger partial charge in [0.25, 0.3) is 0 Å². The summed E-state index contributed by atoms with van der Waals surface area (Å²) in [6.45, 7) is 2.66. The molecule has 0 saturated heterocycles. The van der Waals surface area contributed by atoms with Crippen LogP contribution in [-0.2, 0) is 0 Å². The number of benzene rings is 1. The van der Waals surface area contributed by atoms with Crippen molar-refractivity contribution < 1.29 is 14.6 Å². The molecule has 110 valence electrons. The molecule has 3 nitrogen and oxygen atoms in total. The number of ether oxygens (including phenoxy) is 1. The highest BCUT2D eigenvalue weighted by Gasteiger charge is 2.19. The maximum absolute atomic E-state index is 11.5. The van der Waals surface area contributed by atoms with Gasteiger partial charge in [0.15, 0.2) is 0 Å². The first-order chi connectivity index (χ1) is 9.72. The van der Waals surface area contributed by atoms with E-state index in [2.05, 4.69) is 0 Å². The second-order valence-corrected chi connectivity index (χ2v) is 6.49. The lowest BCUT2D eigenvalue weighted by Crippen LogP contribution is -2.16. The highest BCUT2D eigenvalue weighted by atomic mass is 32.2. The lowest BCUT2D eigenvalue weighted by atomic mass is 9.90. The molecular formula is C16H22O3S. The maximum Gasteiger partial charge on any atom is 0.340 e. The van der Waals surface area contributed by atoms with E-state index >= 15 is 0 Å². The molecule has 0 aromatic heterocycles. The van der Waals surface area contributed by atoms with E-state index in [1.807, 2.05) is 19.1 Å². The molecule has 1 fully saturated rings. The van der Waals surface area contributed by atoms with Crippen LogP contribution in [0.15, 0.2) is 23.1 Å². The third-order valence-electron chi connectivity index (χ3n) is 3.70. The van der Waals surface area contributed by atoms with Crippen LogP contribution in [0, 0.1) is 5.92 Å². The van der Waals surface area contributed by atoms with E-state index in [1.165, 1.54) is 32.1 Å². The van der Waals surface area contributed by atoms with Gasteiger partial charge in [0, 0.05) is 4.90 Å². The first kappa shape index (κ1) is 15.2. The van der Waals surface area contributed by atoms with Gasteiger partial charge in [-0.05, 0) is 36.6 Å². The Morgan fingerprint density at radius 3 is 2.75 bits per heavy atom. The highest BCUT2D eigenvalue weighted by molar-refractivity contribution is 7.99. The molecule has 0 unspecified atom stereocenters. The van der Waals surface area contributed by atoms with Gasteiger partial charge in [-0.3, -0.25) is 0 Å². The van der Waals surface area contributed by atoms with E-state index in [0.29, 0.717) is 23.8 Å². The molecule has 1 aromatic carbocycles. The van der Waals surface area contributed by atoms with Gasteiger partial charge >= 0.3 is 5.97 Å². The van der Waals surface area contributed by atoms with Gasteiger partial charge in [-0.2, -0.15) is 0 Å². The Hall–Kier alpha value is -1.16. The molecule has 0 atom stereocenters. The van der Waals surface area contributed by atoms with Crippen LogP contribution in [0.3, 0.4) is 0 Å². The summed E-state index contributed by atoms with van der Waals surface area (Å²) in [6, 6.07) is 5.50. The summed E-state index contributed by atoms with van der Waals surface area (Å²) in [5.74, 6) is 1.04. The summed E-state index contributed by atoms with van der Waals surface area (Å²) in [5, 5.41) is 9.42. The monoisotopic (exact) mass is 294 g/mol. The van der Waals surface area contributed by atoms with Gasteiger partial charge in [0.1, 0.15) is 11.3 Å². The van der Waals surface area contributed by atoms with Crippen molar-refractivity contribution in [3.63, 3.8) is 0 Å². The first-order valence-corrected chi connectivity index (χ1v) is 8.32. The quantitative estimate of drug-likeness (QED) is 0.787. The Morgan fingerprint density at radius 1 is 1.35 bits per heavy atom. The van der Waals surface area contributed by atoms with Gasteiger partial charge in [0.05, 0.1) is 6.61 Å². The molecule has 0 aliphatic heterocycles. The molecule has 0 heterocycles. The highest BCUT2D eigenvalue weighted by Crippen LogP contribution is 2.31. The summed E-state index contributed by atoms with van der Waals surface area (Å²) in [6.07, 6.45) is 6.26. The predicted molar refractivity (Wildman–Crippen MR) is 81.9 cm³/mol. The van der Waals surface area contributed by atoms with Crippen LogP contribution in [-0.4, -0.2) is 23.4 Å². The van der Waals surface area contributed by atoms with Gasteiger partial charge in [0.2, 0.25) is 0 Å². The van der Waals surface area contributed by atoms with Crippen LogP contribution in [0.4, 0.5) is 0 Å². The van der Waals surface area contributed by atoms with Crippen LogP contribution < -0.4 is 4.74 Å². The van der Waals surface area contributed by atoms with Crippen molar-refractivity contribution in [3.8, 4) is 5.75 Å². The largest absolute Gasteiger partial charge is 0.492 e. The normalized spacial score (nSPS) is 16.1. The fourth-order valence-electron chi connectivity index (χ4n) is 2.68. The molecule has 2 rings (SSSR count). The van der Waals surface area contributed by atoms with Crippen LogP contribution >= 0.6 is 11.8 Å². The fraction of sp³-hybridized carbons (Fsp3) is 0.562. The molecule has 4 heteroatoms. The molecule has 0 amide bonds. The molecule has 1 saturated carbocycles. The van der Waals surface area contributed by atoms with Crippen molar-refractivity contribution >= 4 is 17.7 Å². The van der Waals surface area contributed by atoms with Crippen molar-refractivity contribution in [3.05, 3.63) is 23.8 Å². The van der Waals surface area contributed by atoms with Crippen molar-refractivity contribution in [2.24, 2.45) is 5.92 Å². The smallest absolute Gasteiger partial charge is 0.340 e. The van der Waals surface area contributed by atoms with E-state index < -0.39 is 5.97 Å². The van der Waals surface area contributed by atoms with Crippen LogP contribution in [0.2, 0.25) is 0 Å². The molecular weight excluding hydrogens is 272 g/mol. The van der Waals surface area contributed by atoms with Crippen molar-refractivity contribution in [1.29, 1.82) is 0 Å². The van der Waals surface area contributed by atoms with Gasteiger partial charge in [-0.15, -0.1) is 11.8 Å². The molecule has 0 spiro atoms. The van der Waals surface area contributed by atoms with E-state index in [0.717, 1.165) is 10.6 Å². The van der Waals surface area contributed by atoms with E-state index in [-0.39, 0.29) is 0 Å². The minimum atomic E-state index is -0.903. The molecule has 1 N–H and O–H groups in total. The van der Waals surface area contributed by atoms with E-state index in [4.69, 9.17) is 4.74 Å². The molecule has 1 aliphatic rings. The number of aromatic carboxylic acids is 1.